The molecule has 6 aliphatic rings. The van der Waals surface area contributed by atoms with E-state index in [9.17, 15) is 14.9 Å². The third-order valence-electron chi connectivity index (χ3n) is 13.1. The molecule has 0 aromatic heterocycles. The fourth-order valence-corrected chi connectivity index (χ4v) is 11.7. The van der Waals surface area contributed by atoms with Gasteiger partial charge in [0.15, 0.2) is 41.3 Å². The number of likely N-dealkylation sites (N-methyl/N-ethyl adjacent to an activating group) is 1. The van der Waals surface area contributed by atoms with Gasteiger partial charge in [-0.05, 0) is 67.1 Å². The second kappa shape index (κ2) is 16.3. The maximum Gasteiger partial charge on any atom is 0.357 e. The minimum atomic E-state index is -0.704. The van der Waals surface area contributed by atoms with E-state index in [0.29, 0.717) is 47.0 Å². The number of piperidine rings is 1. The van der Waals surface area contributed by atoms with Crippen molar-refractivity contribution >= 4 is 29.2 Å². The molecule has 3 fully saturated rings. The zero-order valence-electron chi connectivity index (χ0n) is 34.6. The highest BCUT2D eigenvalue weighted by Crippen LogP contribution is 2.56. The number of aryl methyl sites for hydroxylation is 1. The van der Waals surface area contributed by atoms with Gasteiger partial charge in [0.25, 0.3) is 0 Å². The molecule has 3 saturated heterocycles. The second-order valence-electron chi connectivity index (χ2n) is 16.0. The van der Waals surface area contributed by atoms with Gasteiger partial charge in [0, 0.05) is 53.3 Å². The monoisotopic (exact) mass is 832 g/mol. The lowest BCUT2D eigenvalue weighted by Gasteiger charge is -2.61. The quantitative estimate of drug-likeness (QED) is 0.0906. The lowest BCUT2D eigenvalue weighted by atomic mass is 9.67. The van der Waals surface area contributed by atoms with Crippen molar-refractivity contribution in [3.05, 3.63) is 105 Å². The Balaban J connectivity index is 1.05. The topological polar surface area (TPSA) is 141 Å². The standard InChI is InChI=1S/C46H48N4O9S/c1-24-15-26-16-34-36(18-47)50-35(40(49(34)3)38(26)44(42(24)54-5)57-22-53-4)17-31-39(45-43(58-23-59-45)25(2)41(31)51)37(50)19-56-46(52)33(48-55-6)21-60-20-32-29-13-9-7-11-27(29)28-12-8-10-14-30(28)32/h7-15,31-32,34-37,40H,16-17,19-23H2,1-6H3/b48-33+/t31?,34-,35?,36+,37+,40-/m1/s1. The van der Waals surface area contributed by atoms with Crippen LogP contribution in [0, 0.1) is 24.2 Å². The van der Waals surface area contributed by atoms with Crippen LogP contribution in [0.1, 0.15) is 53.1 Å². The maximum absolute atomic E-state index is 14.4. The minimum Gasteiger partial charge on any atom is -0.493 e. The molecule has 0 amide bonds. The Labute approximate surface area is 353 Å². The molecule has 0 radical (unpaired) electrons. The Bertz CT molecular complexity index is 2340. The van der Waals surface area contributed by atoms with E-state index in [0.717, 1.165) is 22.4 Å². The minimum absolute atomic E-state index is 0.00619. The number of ketones is 1. The van der Waals surface area contributed by atoms with Crippen LogP contribution in [0.5, 0.6) is 11.5 Å². The number of nitrogens with zero attached hydrogens (tertiary/aromatic N) is 4. The number of ether oxygens (including phenoxy) is 6. The van der Waals surface area contributed by atoms with E-state index >= 15 is 0 Å². The van der Waals surface area contributed by atoms with Crippen molar-refractivity contribution in [1.29, 1.82) is 5.26 Å². The van der Waals surface area contributed by atoms with Gasteiger partial charge in [-0.15, -0.1) is 0 Å². The number of oxime groups is 1. The van der Waals surface area contributed by atoms with E-state index in [1.54, 1.807) is 32.9 Å². The average molecular weight is 833 g/mol. The smallest absolute Gasteiger partial charge is 0.357 e. The summed E-state index contributed by atoms with van der Waals surface area (Å²) in [5, 5.41) is 15.2. The van der Waals surface area contributed by atoms with Crippen LogP contribution in [0.25, 0.3) is 11.1 Å². The summed E-state index contributed by atoms with van der Waals surface area (Å²) in [5.74, 6) is 1.87. The molecule has 312 valence electrons. The average Bonchev–Trinajstić information content (AvgIpc) is 3.87. The van der Waals surface area contributed by atoms with Crippen molar-refractivity contribution < 1.29 is 42.8 Å². The number of benzene rings is 3. The summed E-state index contributed by atoms with van der Waals surface area (Å²) in [6.07, 6.45) is 0.941. The zero-order chi connectivity index (χ0) is 41.8. The van der Waals surface area contributed by atoms with Crippen molar-refractivity contribution in [2.45, 2.75) is 62.8 Å². The summed E-state index contributed by atoms with van der Waals surface area (Å²) < 4.78 is 35.9. The number of carbonyl (C=O) groups is 2. The number of fused-ring (bicyclic) bond motifs is 11. The Morgan fingerprint density at radius 3 is 2.40 bits per heavy atom. The fourth-order valence-electron chi connectivity index (χ4n) is 10.7. The number of rotatable bonds is 12. The van der Waals surface area contributed by atoms with Gasteiger partial charge in [-0.1, -0.05) is 59.8 Å². The van der Waals surface area contributed by atoms with E-state index in [1.165, 1.54) is 29.4 Å². The highest BCUT2D eigenvalue weighted by atomic mass is 32.2. The van der Waals surface area contributed by atoms with E-state index in [1.807, 2.05) is 14.0 Å². The Morgan fingerprint density at radius 2 is 1.72 bits per heavy atom. The number of methoxy groups -OCH3 is 2. The lowest BCUT2D eigenvalue weighted by molar-refractivity contribution is -0.142. The highest BCUT2D eigenvalue weighted by Gasteiger charge is 2.60. The van der Waals surface area contributed by atoms with E-state index < -0.39 is 24.0 Å². The number of hydrogen-bond acceptors (Lipinski definition) is 14. The summed E-state index contributed by atoms with van der Waals surface area (Å²) in [5.41, 5.74) is 9.17. The molecular weight excluding hydrogens is 785 g/mol. The van der Waals surface area contributed by atoms with Gasteiger partial charge in [-0.25, -0.2) is 4.79 Å². The molecule has 13 nitrogen and oxygen atoms in total. The van der Waals surface area contributed by atoms with Crippen LogP contribution in [-0.4, -0.2) is 112 Å². The summed E-state index contributed by atoms with van der Waals surface area (Å²) in [6, 6.07) is 19.4. The molecular formula is C46H48N4O9S. The van der Waals surface area contributed by atoms with Crippen molar-refractivity contribution in [2.24, 2.45) is 11.1 Å². The predicted molar refractivity (Wildman–Crippen MR) is 223 cm³/mol. The van der Waals surface area contributed by atoms with Crippen molar-refractivity contribution in [3.63, 3.8) is 0 Å². The molecule has 60 heavy (non-hydrogen) atoms. The number of hydrogen-bond donors (Lipinski definition) is 0. The number of Topliss-reactive ketones (excluding diaryl/α,β-unsaturated/α-hetero) is 1. The summed E-state index contributed by atoms with van der Waals surface area (Å²) in [4.78, 5) is 38.1. The molecule has 4 heterocycles. The number of nitriles is 1. The van der Waals surface area contributed by atoms with Crippen LogP contribution >= 0.6 is 11.8 Å². The van der Waals surface area contributed by atoms with Crippen LogP contribution in [0.3, 0.4) is 0 Å². The van der Waals surface area contributed by atoms with Gasteiger partial charge < -0.3 is 33.3 Å². The molecule has 0 spiro atoms. The van der Waals surface area contributed by atoms with Crippen LogP contribution in [-0.2, 0) is 39.8 Å². The molecule has 9 rings (SSSR count). The number of thioether (sulfide) groups is 1. The molecule has 4 aliphatic heterocycles. The first kappa shape index (κ1) is 40.1. The van der Waals surface area contributed by atoms with E-state index in [-0.39, 0.29) is 61.5 Å². The molecule has 3 aromatic rings. The largest absolute Gasteiger partial charge is 0.493 e. The van der Waals surface area contributed by atoms with Crippen LogP contribution in [0.15, 0.2) is 82.4 Å². The first-order valence-corrected chi connectivity index (χ1v) is 21.4. The van der Waals surface area contributed by atoms with Gasteiger partial charge in [0.05, 0.1) is 31.2 Å². The fraction of sp³-hybridized carbons (Fsp3) is 0.435. The predicted octanol–water partition coefficient (Wildman–Crippen LogP) is 6.06. The lowest BCUT2D eigenvalue weighted by Crippen LogP contribution is -2.71. The number of esters is 1. The highest BCUT2D eigenvalue weighted by molar-refractivity contribution is 8.00. The third kappa shape index (κ3) is 6.36. The van der Waals surface area contributed by atoms with Crippen LogP contribution in [0.2, 0.25) is 0 Å². The molecule has 2 unspecified atom stereocenters. The van der Waals surface area contributed by atoms with E-state index in [2.05, 4.69) is 75.6 Å². The van der Waals surface area contributed by atoms with Crippen LogP contribution < -0.4 is 9.47 Å². The summed E-state index contributed by atoms with van der Waals surface area (Å²) in [6.45, 7) is 3.55. The van der Waals surface area contributed by atoms with Gasteiger partial charge in [0.1, 0.15) is 19.8 Å². The third-order valence-corrected chi connectivity index (χ3v) is 14.1. The molecule has 3 aromatic carbocycles. The van der Waals surface area contributed by atoms with Crippen LogP contribution in [0.4, 0.5) is 0 Å². The second-order valence-corrected chi connectivity index (χ2v) is 17.1. The van der Waals surface area contributed by atoms with Gasteiger partial charge in [-0.3, -0.25) is 14.6 Å². The van der Waals surface area contributed by atoms with Gasteiger partial charge >= 0.3 is 5.97 Å². The number of allylic oxidation sites excluding steroid dienone is 1. The molecule has 2 aliphatic carbocycles. The molecule has 14 heteroatoms. The maximum atomic E-state index is 14.4. The Morgan fingerprint density at radius 1 is 1.00 bits per heavy atom. The Kier molecular flexibility index (Phi) is 10.9. The van der Waals surface area contributed by atoms with Gasteiger partial charge in [0.2, 0.25) is 6.79 Å². The summed E-state index contributed by atoms with van der Waals surface area (Å²) >= 11 is 1.59. The normalized spacial score (nSPS) is 25.5. The number of piperazine rings is 1. The first-order chi connectivity index (χ1) is 29.2. The van der Waals surface area contributed by atoms with Crippen molar-refractivity contribution in [1.82, 2.24) is 9.80 Å². The molecule has 0 N–H and O–H groups in total. The SMILES string of the molecule is COCOc1c(OC)c(C)cc2c1[C@H]1C3CC4C(=O)C(C)=C5OCOC5=C4[C@H](COC(=O)/C(CSCC4c5ccccc5-c5ccccc54)=N/OC)N3[C@@H](C#N)[C@@H](C2)N1C. The summed E-state index contributed by atoms with van der Waals surface area (Å²) in [7, 11) is 6.63. The Hall–Kier alpha value is -5.33. The van der Waals surface area contributed by atoms with Crippen molar-refractivity contribution in [3.8, 4) is 28.7 Å². The zero-order valence-corrected chi connectivity index (χ0v) is 35.4. The van der Waals surface area contributed by atoms with Gasteiger partial charge in [-0.2, -0.15) is 17.0 Å². The molecule has 0 saturated carbocycles. The number of carbonyl (C=O) groups excluding carboxylic acids is 2. The first-order valence-electron chi connectivity index (χ1n) is 20.2. The van der Waals surface area contributed by atoms with Crippen molar-refractivity contribution in [2.75, 3.05) is 60.1 Å². The molecule has 2 bridgehead atoms. The molecule has 6 atom stereocenters. The van der Waals surface area contributed by atoms with E-state index in [4.69, 9.17) is 33.3 Å².